The summed E-state index contributed by atoms with van der Waals surface area (Å²) in [6.45, 7) is 6.10. The molecule has 0 spiro atoms. The third-order valence-corrected chi connectivity index (χ3v) is 5.05. The van der Waals surface area contributed by atoms with E-state index in [0.717, 1.165) is 13.1 Å². The average Bonchev–Trinajstić information content (AvgIpc) is 3.12. The molecule has 9 heteroatoms. The Kier molecular flexibility index (Phi) is 6.82. The number of piperidine rings is 1. The van der Waals surface area contributed by atoms with Crippen molar-refractivity contribution in [3.8, 4) is 0 Å². The lowest BCUT2D eigenvalue weighted by molar-refractivity contribution is -0.116. The predicted molar refractivity (Wildman–Crippen MR) is 108 cm³/mol. The van der Waals surface area contributed by atoms with E-state index >= 15 is 0 Å². The van der Waals surface area contributed by atoms with Crippen molar-refractivity contribution in [1.29, 1.82) is 0 Å². The number of pyridine rings is 1. The van der Waals surface area contributed by atoms with Gasteiger partial charge in [-0.15, -0.1) is 0 Å². The number of aromatic nitrogens is 2. The highest BCUT2D eigenvalue weighted by Gasteiger charge is 2.19. The van der Waals surface area contributed by atoms with Gasteiger partial charge < -0.3 is 19.7 Å². The van der Waals surface area contributed by atoms with Gasteiger partial charge in [-0.05, 0) is 51.9 Å². The van der Waals surface area contributed by atoms with Gasteiger partial charge in [0, 0.05) is 24.8 Å². The maximum absolute atomic E-state index is 12.6. The quantitative estimate of drug-likeness (QED) is 0.726. The van der Waals surface area contributed by atoms with Crippen LogP contribution in [0.3, 0.4) is 0 Å². The van der Waals surface area contributed by atoms with Gasteiger partial charge in [0.05, 0.1) is 0 Å². The molecule has 0 unspecified atom stereocenters. The molecular formula is C20H27N5O4. The fourth-order valence-corrected chi connectivity index (χ4v) is 3.42. The van der Waals surface area contributed by atoms with Crippen LogP contribution in [0.15, 0.2) is 33.7 Å². The van der Waals surface area contributed by atoms with Gasteiger partial charge in [-0.2, -0.15) is 0 Å². The number of nitrogens with one attached hydrogen (secondary N) is 2. The second-order valence-electron chi connectivity index (χ2n) is 7.38. The zero-order chi connectivity index (χ0) is 20.8. The molecule has 2 aromatic heterocycles. The normalized spacial score (nSPS) is 15.7. The number of aryl methyl sites for hydroxylation is 1. The van der Waals surface area contributed by atoms with Gasteiger partial charge in [0.25, 0.3) is 11.5 Å². The van der Waals surface area contributed by atoms with Crippen LogP contribution in [-0.2, 0) is 11.3 Å². The molecule has 1 fully saturated rings. The second-order valence-corrected chi connectivity index (χ2v) is 7.38. The van der Waals surface area contributed by atoms with Crippen molar-refractivity contribution in [3.63, 3.8) is 0 Å². The van der Waals surface area contributed by atoms with E-state index in [4.69, 9.17) is 4.52 Å². The van der Waals surface area contributed by atoms with Gasteiger partial charge in [-0.1, -0.05) is 11.6 Å². The lowest BCUT2D eigenvalue weighted by Crippen LogP contribution is -2.45. The number of amides is 2. The average molecular weight is 401 g/mol. The molecule has 0 radical (unpaired) electrons. The lowest BCUT2D eigenvalue weighted by atomic mass is 10.1. The number of hydrogen-bond acceptors (Lipinski definition) is 6. The van der Waals surface area contributed by atoms with Gasteiger partial charge in [-0.25, -0.2) is 0 Å². The monoisotopic (exact) mass is 401 g/mol. The molecule has 0 aromatic carbocycles. The summed E-state index contributed by atoms with van der Waals surface area (Å²) in [6, 6.07) is 4.84. The molecule has 29 heavy (non-hydrogen) atoms. The molecule has 2 N–H and O–H groups in total. The van der Waals surface area contributed by atoms with Crippen molar-refractivity contribution in [1.82, 2.24) is 19.9 Å². The Morgan fingerprint density at radius 3 is 2.72 bits per heavy atom. The first-order valence-electron chi connectivity index (χ1n) is 9.89. The van der Waals surface area contributed by atoms with Crippen molar-refractivity contribution in [3.05, 3.63) is 46.1 Å². The van der Waals surface area contributed by atoms with Crippen molar-refractivity contribution in [2.24, 2.45) is 0 Å². The number of carbonyl (C=O) groups is 2. The zero-order valence-corrected chi connectivity index (χ0v) is 16.8. The first-order chi connectivity index (χ1) is 13.9. The van der Waals surface area contributed by atoms with E-state index in [1.165, 1.54) is 36.1 Å². The Labute approximate surface area is 169 Å². The molecule has 9 nitrogen and oxygen atoms in total. The van der Waals surface area contributed by atoms with Crippen LogP contribution < -0.4 is 16.2 Å². The summed E-state index contributed by atoms with van der Waals surface area (Å²) < 4.78 is 6.09. The van der Waals surface area contributed by atoms with Crippen LogP contribution in [0.4, 0.5) is 5.82 Å². The predicted octanol–water partition coefficient (Wildman–Crippen LogP) is 1.39. The number of nitrogens with zero attached hydrogens (tertiary/aromatic N) is 3. The summed E-state index contributed by atoms with van der Waals surface area (Å²) in [6.07, 6.45) is 5.08. The number of likely N-dealkylation sites (tertiary alicyclic amines) is 1. The number of anilines is 1. The van der Waals surface area contributed by atoms with E-state index in [1.807, 2.05) is 0 Å². The number of hydrogen-bond donors (Lipinski definition) is 2. The molecule has 156 valence electrons. The fourth-order valence-electron chi connectivity index (χ4n) is 3.42. The third kappa shape index (κ3) is 5.54. The first-order valence-corrected chi connectivity index (χ1v) is 9.89. The molecule has 0 bridgehead atoms. The SMILES string of the molecule is Cc1cc(NC(=O)Cn2cccc(C(=O)NC[C@H](C)N3CCCCC3)c2=O)no1. The minimum Gasteiger partial charge on any atom is -0.360 e. The Morgan fingerprint density at radius 1 is 1.28 bits per heavy atom. The van der Waals surface area contributed by atoms with Crippen LogP contribution in [0.5, 0.6) is 0 Å². The maximum Gasteiger partial charge on any atom is 0.263 e. The van der Waals surface area contributed by atoms with Crippen LogP contribution >= 0.6 is 0 Å². The smallest absolute Gasteiger partial charge is 0.263 e. The molecule has 0 saturated carbocycles. The highest BCUT2D eigenvalue weighted by molar-refractivity contribution is 5.94. The van der Waals surface area contributed by atoms with E-state index in [0.29, 0.717) is 12.3 Å². The number of rotatable bonds is 7. The highest BCUT2D eigenvalue weighted by atomic mass is 16.5. The van der Waals surface area contributed by atoms with E-state index in [2.05, 4.69) is 27.6 Å². The molecule has 2 aromatic rings. The lowest BCUT2D eigenvalue weighted by Gasteiger charge is -2.32. The standard InChI is InChI=1S/C20H27N5O4/c1-14(24-8-4-3-5-9-24)12-21-19(27)16-7-6-10-25(20(16)28)13-18(26)22-17-11-15(2)29-23-17/h6-7,10-11,14H,3-5,8-9,12-13H2,1-2H3,(H,21,27)(H,22,23,26)/t14-/m0/s1. The van der Waals surface area contributed by atoms with Crippen molar-refractivity contribution < 1.29 is 14.1 Å². The Hall–Kier alpha value is -2.94. The number of carbonyl (C=O) groups excluding carboxylic acids is 2. The summed E-state index contributed by atoms with van der Waals surface area (Å²) in [4.78, 5) is 39.7. The Morgan fingerprint density at radius 2 is 2.03 bits per heavy atom. The van der Waals surface area contributed by atoms with Gasteiger partial charge in [0.1, 0.15) is 17.9 Å². The first kappa shape index (κ1) is 20.8. The minimum atomic E-state index is -0.512. The van der Waals surface area contributed by atoms with Gasteiger partial charge in [-0.3, -0.25) is 19.3 Å². The van der Waals surface area contributed by atoms with Gasteiger partial charge in [0.15, 0.2) is 5.82 Å². The van der Waals surface area contributed by atoms with E-state index in [9.17, 15) is 14.4 Å². The molecule has 2 amide bonds. The van der Waals surface area contributed by atoms with Crippen LogP contribution in [0.25, 0.3) is 0 Å². The molecule has 3 rings (SSSR count). The van der Waals surface area contributed by atoms with E-state index < -0.39 is 17.4 Å². The van der Waals surface area contributed by atoms with Crippen LogP contribution in [0.2, 0.25) is 0 Å². The minimum absolute atomic E-state index is 0.0171. The summed E-state index contributed by atoms with van der Waals surface area (Å²) >= 11 is 0. The molecule has 0 aliphatic carbocycles. The molecule has 1 saturated heterocycles. The molecule has 1 aliphatic heterocycles. The Bertz CT molecular complexity index is 914. The molecule has 1 atom stereocenters. The fraction of sp³-hybridized carbons (Fsp3) is 0.500. The van der Waals surface area contributed by atoms with Crippen LogP contribution in [0, 0.1) is 6.92 Å². The van der Waals surface area contributed by atoms with Crippen LogP contribution in [0.1, 0.15) is 42.3 Å². The molecule has 1 aliphatic rings. The zero-order valence-electron chi connectivity index (χ0n) is 16.8. The van der Waals surface area contributed by atoms with Crippen LogP contribution in [-0.4, -0.2) is 52.1 Å². The van der Waals surface area contributed by atoms with Crippen molar-refractivity contribution >= 4 is 17.6 Å². The topological polar surface area (TPSA) is 109 Å². The molecular weight excluding hydrogens is 374 g/mol. The van der Waals surface area contributed by atoms with Gasteiger partial charge >= 0.3 is 0 Å². The summed E-state index contributed by atoms with van der Waals surface area (Å²) in [5.41, 5.74) is -0.495. The maximum atomic E-state index is 12.6. The summed E-state index contributed by atoms with van der Waals surface area (Å²) in [5, 5.41) is 9.08. The Balaban J connectivity index is 1.59. The van der Waals surface area contributed by atoms with Crippen molar-refractivity contribution in [2.45, 2.75) is 45.7 Å². The van der Waals surface area contributed by atoms with Crippen molar-refractivity contribution in [2.75, 3.05) is 25.0 Å². The van der Waals surface area contributed by atoms with Gasteiger partial charge in [0.2, 0.25) is 5.91 Å². The van der Waals surface area contributed by atoms with E-state index in [1.54, 1.807) is 19.1 Å². The largest absolute Gasteiger partial charge is 0.360 e. The van der Waals surface area contributed by atoms with E-state index in [-0.39, 0.29) is 24.0 Å². The highest BCUT2D eigenvalue weighted by Crippen LogP contribution is 2.11. The second kappa shape index (κ2) is 9.51. The molecule has 3 heterocycles. The summed E-state index contributed by atoms with van der Waals surface area (Å²) in [7, 11) is 0. The third-order valence-electron chi connectivity index (χ3n) is 5.05. The summed E-state index contributed by atoms with van der Waals surface area (Å²) in [5.74, 6) is -0.0199.